The largest absolute Gasteiger partial charge is 0.466 e. The number of rotatable bonds is 7. The Hall–Kier alpha value is -3.58. The van der Waals surface area contributed by atoms with Crippen LogP contribution in [0.1, 0.15) is 23.0 Å². The highest BCUT2D eigenvalue weighted by atomic mass is 79.9. The Morgan fingerprint density at radius 3 is 2.44 bits per heavy atom. The van der Waals surface area contributed by atoms with Crippen LogP contribution >= 0.6 is 15.9 Å². The van der Waals surface area contributed by atoms with Crippen molar-refractivity contribution in [1.29, 1.82) is 0 Å². The van der Waals surface area contributed by atoms with Crippen LogP contribution in [0.4, 0.5) is 5.69 Å². The SMILES string of the molecule is CCOC(=O)Cc1ccc(Oc2ccc(NC(=O)c3cc4ccccc4[nH]3)cc2)cc1Br. The highest BCUT2D eigenvalue weighted by molar-refractivity contribution is 9.10. The molecule has 2 N–H and O–H groups in total. The average molecular weight is 493 g/mol. The monoisotopic (exact) mass is 492 g/mol. The molecule has 162 valence electrons. The zero-order valence-electron chi connectivity index (χ0n) is 17.4. The number of H-pyrrole nitrogens is 1. The highest BCUT2D eigenvalue weighted by Crippen LogP contribution is 2.28. The van der Waals surface area contributed by atoms with Crippen molar-refractivity contribution in [3.05, 3.63) is 88.5 Å². The van der Waals surface area contributed by atoms with E-state index in [2.05, 4.69) is 26.2 Å². The molecule has 1 aromatic heterocycles. The van der Waals surface area contributed by atoms with Gasteiger partial charge in [-0.15, -0.1) is 0 Å². The Labute approximate surface area is 193 Å². The number of benzene rings is 3. The van der Waals surface area contributed by atoms with Crippen LogP contribution in [0.5, 0.6) is 11.5 Å². The molecular formula is C25H21BrN2O4. The summed E-state index contributed by atoms with van der Waals surface area (Å²) in [5.74, 6) is 0.765. The number of hydrogen-bond acceptors (Lipinski definition) is 4. The molecule has 3 aromatic carbocycles. The number of amides is 1. The van der Waals surface area contributed by atoms with Gasteiger partial charge in [-0.1, -0.05) is 40.2 Å². The van der Waals surface area contributed by atoms with E-state index in [0.29, 0.717) is 29.5 Å². The minimum Gasteiger partial charge on any atom is -0.466 e. The van der Waals surface area contributed by atoms with Crippen LogP contribution < -0.4 is 10.1 Å². The van der Waals surface area contributed by atoms with Gasteiger partial charge in [0.1, 0.15) is 17.2 Å². The molecule has 0 aliphatic heterocycles. The number of halogens is 1. The molecule has 0 saturated heterocycles. The minimum absolute atomic E-state index is 0.194. The highest BCUT2D eigenvalue weighted by Gasteiger charge is 2.11. The quantitative estimate of drug-likeness (QED) is 0.306. The fourth-order valence-electron chi connectivity index (χ4n) is 3.24. The zero-order chi connectivity index (χ0) is 22.5. The molecule has 6 nitrogen and oxygen atoms in total. The first-order valence-corrected chi connectivity index (χ1v) is 10.9. The number of fused-ring (bicyclic) bond motifs is 1. The van der Waals surface area contributed by atoms with E-state index in [4.69, 9.17) is 9.47 Å². The van der Waals surface area contributed by atoms with Gasteiger partial charge in [-0.2, -0.15) is 0 Å². The number of para-hydroxylation sites is 1. The van der Waals surface area contributed by atoms with Crippen molar-refractivity contribution < 1.29 is 19.1 Å². The van der Waals surface area contributed by atoms with Crippen molar-refractivity contribution in [2.75, 3.05) is 11.9 Å². The van der Waals surface area contributed by atoms with Crippen molar-refractivity contribution in [1.82, 2.24) is 4.98 Å². The smallest absolute Gasteiger partial charge is 0.310 e. The summed E-state index contributed by atoms with van der Waals surface area (Å²) in [6, 6.07) is 22.1. The van der Waals surface area contributed by atoms with Gasteiger partial charge in [-0.3, -0.25) is 9.59 Å². The van der Waals surface area contributed by atoms with Crippen LogP contribution in [0.15, 0.2) is 77.3 Å². The van der Waals surface area contributed by atoms with Crippen LogP contribution in [-0.2, 0) is 16.0 Å². The van der Waals surface area contributed by atoms with Gasteiger partial charge in [-0.25, -0.2) is 0 Å². The lowest BCUT2D eigenvalue weighted by molar-refractivity contribution is -0.142. The lowest BCUT2D eigenvalue weighted by Crippen LogP contribution is -2.12. The predicted octanol–water partition coefficient (Wildman–Crippen LogP) is 6.08. The van der Waals surface area contributed by atoms with E-state index in [9.17, 15) is 9.59 Å². The van der Waals surface area contributed by atoms with Gasteiger partial charge in [0.2, 0.25) is 0 Å². The van der Waals surface area contributed by atoms with Crippen LogP contribution in [0.3, 0.4) is 0 Å². The summed E-state index contributed by atoms with van der Waals surface area (Å²) in [6.07, 6.45) is 0.194. The van der Waals surface area contributed by atoms with Gasteiger partial charge in [0.25, 0.3) is 5.91 Å². The van der Waals surface area contributed by atoms with Crippen molar-refractivity contribution in [3.8, 4) is 11.5 Å². The van der Waals surface area contributed by atoms with Crippen LogP contribution in [0, 0.1) is 0 Å². The second-order valence-electron chi connectivity index (χ2n) is 7.09. The molecule has 0 fully saturated rings. The maximum Gasteiger partial charge on any atom is 0.310 e. The Kier molecular flexibility index (Phi) is 6.56. The van der Waals surface area contributed by atoms with E-state index in [1.807, 2.05) is 36.4 Å². The number of esters is 1. The summed E-state index contributed by atoms with van der Waals surface area (Å²) < 4.78 is 11.6. The number of hydrogen-bond donors (Lipinski definition) is 2. The minimum atomic E-state index is -0.271. The van der Waals surface area contributed by atoms with Crippen molar-refractivity contribution in [3.63, 3.8) is 0 Å². The summed E-state index contributed by atoms with van der Waals surface area (Å²) in [4.78, 5) is 27.3. The van der Waals surface area contributed by atoms with Crippen molar-refractivity contribution >= 4 is 44.4 Å². The molecule has 0 spiro atoms. The van der Waals surface area contributed by atoms with Crippen molar-refractivity contribution in [2.24, 2.45) is 0 Å². The van der Waals surface area contributed by atoms with Gasteiger partial charge >= 0.3 is 5.97 Å². The number of nitrogens with one attached hydrogen (secondary N) is 2. The molecule has 4 aromatic rings. The van der Waals surface area contributed by atoms with E-state index in [-0.39, 0.29) is 18.3 Å². The summed E-state index contributed by atoms with van der Waals surface area (Å²) in [5, 5.41) is 3.87. The molecule has 0 unspecified atom stereocenters. The fourth-order valence-corrected chi connectivity index (χ4v) is 3.74. The molecule has 0 radical (unpaired) electrons. The molecule has 0 bridgehead atoms. The zero-order valence-corrected chi connectivity index (χ0v) is 18.9. The first-order valence-electron chi connectivity index (χ1n) is 10.1. The molecule has 0 atom stereocenters. The van der Waals surface area contributed by atoms with Gasteiger partial charge in [0.15, 0.2) is 0 Å². The molecule has 1 amide bonds. The van der Waals surface area contributed by atoms with Crippen molar-refractivity contribution in [2.45, 2.75) is 13.3 Å². The first-order chi connectivity index (χ1) is 15.5. The number of anilines is 1. The van der Waals surface area contributed by atoms with Gasteiger partial charge in [0.05, 0.1) is 13.0 Å². The van der Waals surface area contributed by atoms with E-state index >= 15 is 0 Å². The summed E-state index contributed by atoms with van der Waals surface area (Å²) in [5.41, 5.74) is 2.90. The van der Waals surface area contributed by atoms with Gasteiger partial charge in [-0.05, 0) is 61.0 Å². The fraction of sp³-hybridized carbons (Fsp3) is 0.120. The number of carbonyl (C=O) groups is 2. The standard InChI is InChI=1S/C25H21BrN2O4/c1-2-31-24(29)14-16-7-10-20(15-21(16)26)32-19-11-8-18(9-12-19)27-25(30)23-13-17-5-3-4-6-22(17)28-23/h3-13,15,28H,2,14H2,1H3,(H,27,30). The molecular weight excluding hydrogens is 472 g/mol. The van der Waals surface area contributed by atoms with E-state index < -0.39 is 0 Å². The van der Waals surface area contributed by atoms with Crippen LogP contribution in [0.2, 0.25) is 0 Å². The third kappa shape index (κ3) is 5.18. The van der Waals surface area contributed by atoms with E-state index in [1.165, 1.54) is 0 Å². The summed E-state index contributed by atoms with van der Waals surface area (Å²) in [6.45, 7) is 2.14. The molecule has 0 saturated carbocycles. The Morgan fingerprint density at radius 2 is 1.72 bits per heavy atom. The summed E-state index contributed by atoms with van der Waals surface area (Å²) >= 11 is 3.48. The van der Waals surface area contributed by atoms with Crippen LogP contribution in [-0.4, -0.2) is 23.5 Å². The lowest BCUT2D eigenvalue weighted by Gasteiger charge is -2.10. The number of aromatic nitrogens is 1. The molecule has 7 heteroatoms. The molecule has 0 aliphatic carbocycles. The van der Waals surface area contributed by atoms with E-state index in [1.54, 1.807) is 43.3 Å². The molecule has 0 aliphatic rings. The molecule has 4 rings (SSSR count). The topological polar surface area (TPSA) is 80.4 Å². The van der Waals surface area contributed by atoms with E-state index in [0.717, 1.165) is 20.9 Å². The first kappa shape index (κ1) is 21.6. The molecule has 32 heavy (non-hydrogen) atoms. The van der Waals surface area contributed by atoms with Gasteiger partial charge in [0, 0.05) is 21.1 Å². The number of ether oxygens (including phenoxy) is 2. The molecule has 1 heterocycles. The third-order valence-corrected chi connectivity index (χ3v) is 5.53. The average Bonchev–Trinajstić information content (AvgIpc) is 3.22. The number of carbonyl (C=O) groups excluding carboxylic acids is 2. The van der Waals surface area contributed by atoms with Crippen LogP contribution in [0.25, 0.3) is 10.9 Å². The summed E-state index contributed by atoms with van der Waals surface area (Å²) in [7, 11) is 0. The van der Waals surface area contributed by atoms with Gasteiger partial charge < -0.3 is 19.8 Å². The second kappa shape index (κ2) is 9.70. The maximum atomic E-state index is 12.5. The Balaban J connectivity index is 1.38. The normalized spacial score (nSPS) is 10.7. The lowest BCUT2D eigenvalue weighted by atomic mass is 10.1. The predicted molar refractivity (Wildman–Crippen MR) is 127 cm³/mol. The third-order valence-electron chi connectivity index (χ3n) is 4.79. The Morgan fingerprint density at radius 1 is 0.969 bits per heavy atom. The Bertz CT molecular complexity index is 1230. The maximum absolute atomic E-state index is 12.5. The second-order valence-corrected chi connectivity index (χ2v) is 7.94. The number of aromatic amines is 1.